The average Bonchev–Trinajstić information content (AvgIpc) is 2.75. The lowest BCUT2D eigenvalue weighted by atomic mass is 10.2. The van der Waals surface area contributed by atoms with Gasteiger partial charge in [0.1, 0.15) is 0 Å². The molecule has 0 spiro atoms. The fourth-order valence-corrected chi connectivity index (χ4v) is 4.31. The Balaban J connectivity index is 1.20. The van der Waals surface area contributed by atoms with Crippen molar-refractivity contribution >= 4 is 23.2 Å². The minimum Gasteiger partial charge on any atom is -0.369 e. The number of piperazine rings is 2. The highest BCUT2D eigenvalue weighted by atomic mass is 35.5. The summed E-state index contributed by atoms with van der Waals surface area (Å²) in [5.41, 5.74) is 2.50. The van der Waals surface area contributed by atoms with Gasteiger partial charge in [0.25, 0.3) is 0 Å². The molecule has 2 heterocycles. The van der Waals surface area contributed by atoms with Gasteiger partial charge in [-0.05, 0) is 23.8 Å². The Hall–Kier alpha value is -2.08. The van der Waals surface area contributed by atoms with Crippen molar-refractivity contribution in [2.24, 2.45) is 0 Å². The summed E-state index contributed by atoms with van der Waals surface area (Å²) in [7, 11) is 0. The van der Waals surface area contributed by atoms with E-state index in [9.17, 15) is 4.79 Å². The third-order valence-corrected chi connectivity index (χ3v) is 6.11. The third-order valence-electron chi connectivity index (χ3n) is 5.88. The van der Waals surface area contributed by atoms with E-state index in [1.807, 2.05) is 23.1 Å². The summed E-state index contributed by atoms with van der Waals surface area (Å²) in [4.78, 5) is 21.8. The molecule has 1 amide bonds. The lowest BCUT2D eigenvalue weighted by molar-refractivity contribution is -0.134. The first kappa shape index (κ1) is 20.2. The first-order chi connectivity index (χ1) is 14.2. The topological polar surface area (TPSA) is 30.0 Å². The second kappa shape index (κ2) is 9.61. The Morgan fingerprint density at radius 1 is 0.793 bits per heavy atom. The molecule has 29 heavy (non-hydrogen) atoms. The number of halogens is 1. The molecule has 2 aliphatic heterocycles. The largest absolute Gasteiger partial charge is 0.369 e. The van der Waals surface area contributed by atoms with Gasteiger partial charge in [0.2, 0.25) is 5.91 Å². The lowest BCUT2D eigenvalue weighted by Crippen LogP contribution is -2.53. The molecule has 2 aliphatic rings. The fraction of sp³-hybridized carbons (Fsp3) is 0.435. The van der Waals surface area contributed by atoms with Gasteiger partial charge in [-0.3, -0.25) is 14.6 Å². The second-order valence-electron chi connectivity index (χ2n) is 7.89. The second-order valence-corrected chi connectivity index (χ2v) is 8.32. The molecule has 2 aromatic carbocycles. The molecule has 0 unspecified atom stereocenters. The molecule has 154 valence electrons. The number of rotatable bonds is 5. The van der Waals surface area contributed by atoms with Crippen LogP contribution in [0.3, 0.4) is 0 Å². The molecular weight excluding hydrogens is 384 g/mol. The summed E-state index contributed by atoms with van der Waals surface area (Å²) in [5.74, 6) is 0.264. The predicted octanol–water partition coefficient (Wildman–Crippen LogP) is 2.81. The van der Waals surface area contributed by atoms with Gasteiger partial charge >= 0.3 is 0 Å². The number of hydrogen-bond acceptors (Lipinski definition) is 4. The maximum Gasteiger partial charge on any atom is 0.236 e. The van der Waals surface area contributed by atoms with Crippen molar-refractivity contribution in [3.63, 3.8) is 0 Å². The molecule has 0 aromatic heterocycles. The molecule has 6 heteroatoms. The molecule has 0 N–H and O–H groups in total. The molecule has 5 nitrogen and oxygen atoms in total. The van der Waals surface area contributed by atoms with Crippen molar-refractivity contribution in [2.75, 3.05) is 63.8 Å². The Bertz CT molecular complexity index is 800. The van der Waals surface area contributed by atoms with E-state index >= 15 is 0 Å². The van der Waals surface area contributed by atoms with E-state index in [-0.39, 0.29) is 5.91 Å². The molecule has 2 fully saturated rings. The molecule has 0 saturated carbocycles. The molecule has 0 atom stereocenters. The number of carbonyl (C=O) groups excluding carboxylic acids is 1. The highest BCUT2D eigenvalue weighted by Crippen LogP contribution is 2.20. The van der Waals surface area contributed by atoms with Gasteiger partial charge in [-0.2, -0.15) is 0 Å². The number of nitrogens with zero attached hydrogens (tertiary/aromatic N) is 4. The molecular formula is C23H29ClN4O. The maximum absolute atomic E-state index is 12.8. The molecule has 4 rings (SSSR count). The van der Waals surface area contributed by atoms with Gasteiger partial charge in [0.05, 0.1) is 6.54 Å². The van der Waals surface area contributed by atoms with Crippen LogP contribution in [0.1, 0.15) is 5.56 Å². The standard InChI is InChI=1S/C23H29ClN4O/c24-21-7-4-8-22(17-21)27-13-9-26(10-14-27)19-23(29)28-15-11-25(12-16-28)18-20-5-2-1-3-6-20/h1-8,17H,9-16,18-19H2. The quantitative estimate of drug-likeness (QED) is 0.755. The van der Waals surface area contributed by atoms with E-state index in [2.05, 4.69) is 51.1 Å². The maximum atomic E-state index is 12.8. The van der Waals surface area contributed by atoms with Crippen molar-refractivity contribution in [1.82, 2.24) is 14.7 Å². The molecule has 0 radical (unpaired) electrons. The van der Waals surface area contributed by atoms with E-state index < -0.39 is 0 Å². The Morgan fingerprint density at radius 3 is 2.17 bits per heavy atom. The van der Waals surface area contributed by atoms with Gasteiger partial charge in [0, 0.05) is 69.6 Å². The normalized spacial score (nSPS) is 18.8. The zero-order chi connectivity index (χ0) is 20.1. The van der Waals surface area contributed by atoms with Crippen LogP contribution in [0.25, 0.3) is 0 Å². The highest BCUT2D eigenvalue weighted by Gasteiger charge is 2.25. The third kappa shape index (κ3) is 5.50. The van der Waals surface area contributed by atoms with Gasteiger partial charge in [-0.15, -0.1) is 0 Å². The smallest absolute Gasteiger partial charge is 0.236 e. The van der Waals surface area contributed by atoms with Crippen LogP contribution in [-0.4, -0.2) is 79.5 Å². The van der Waals surface area contributed by atoms with E-state index in [4.69, 9.17) is 11.6 Å². The van der Waals surface area contributed by atoms with Crippen LogP contribution < -0.4 is 4.90 Å². The van der Waals surface area contributed by atoms with Gasteiger partial charge < -0.3 is 9.80 Å². The number of amides is 1. The summed E-state index contributed by atoms with van der Waals surface area (Å²) in [5, 5.41) is 0.770. The molecule has 0 bridgehead atoms. The summed E-state index contributed by atoms with van der Waals surface area (Å²) < 4.78 is 0. The van der Waals surface area contributed by atoms with Crippen LogP contribution >= 0.6 is 11.6 Å². The average molecular weight is 413 g/mol. The van der Waals surface area contributed by atoms with Gasteiger partial charge in [-0.25, -0.2) is 0 Å². The van der Waals surface area contributed by atoms with Crippen molar-refractivity contribution < 1.29 is 4.79 Å². The summed E-state index contributed by atoms with van der Waals surface area (Å²) in [6, 6.07) is 18.6. The Morgan fingerprint density at radius 2 is 1.48 bits per heavy atom. The number of carbonyl (C=O) groups is 1. The van der Waals surface area contributed by atoms with E-state index in [1.165, 1.54) is 5.56 Å². The minimum absolute atomic E-state index is 0.264. The monoisotopic (exact) mass is 412 g/mol. The van der Waals surface area contributed by atoms with Crippen molar-refractivity contribution in [2.45, 2.75) is 6.54 Å². The lowest BCUT2D eigenvalue weighted by Gasteiger charge is -2.38. The number of benzene rings is 2. The van der Waals surface area contributed by atoms with Crippen LogP contribution in [0.4, 0.5) is 5.69 Å². The van der Waals surface area contributed by atoms with E-state index in [0.717, 1.165) is 69.6 Å². The van der Waals surface area contributed by atoms with Crippen molar-refractivity contribution in [3.05, 3.63) is 65.2 Å². The molecule has 2 saturated heterocycles. The fourth-order valence-electron chi connectivity index (χ4n) is 4.13. The highest BCUT2D eigenvalue weighted by molar-refractivity contribution is 6.30. The zero-order valence-electron chi connectivity index (χ0n) is 16.8. The SMILES string of the molecule is O=C(CN1CCN(c2cccc(Cl)c2)CC1)N1CCN(Cc2ccccc2)CC1. The summed E-state index contributed by atoms with van der Waals surface area (Å²) >= 11 is 6.11. The van der Waals surface area contributed by atoms with Crippen LogP contribution in [-0.2, 0) is 11.3 Å². The van der Waals surface area contributed by atoms with Gasteiger partial charge in [-0.1, -0.05) is 48.0 Å². The van der Waals surface area contributed by atoms with E-state index in [1.54, 1.807) is 0 Å². The summed E-state index contributed by atoms with van der Waals surface area (Å²) in [6.07, 6.45) is 0. The summed E-state index contributed by atoms with van der Waals surface area (Å²) in [6.45, 7) is 8.72. The van der Waals surface area contributed by atoms with Crippen molar-refractivity contribution in [3.8, 4) is 0 Å². The van der Waals surface area contributed by atoms with Crippen LogP contribution in [0.2, 0.25) is 5.02 Å². The first-order valence-electron chi connectivity index (χ1n) is 10.4. The minimum atomic E-state index is 0.264. The Kier molecular flexibility index (Phi) is 6.70. The van der Waals surface area contributed by atoms with Gasteiger partial charge in [0.15, 0.2) is 0 Å². The van der Waals surface area contributed by atoms with Crippen LogP contribution in [0.15, 0.2) is 54.6 Å². The predicted molar refractivity (Wildman–Crippen MR) is 118 cm³/mol. The number of hydrogen-bond donors (Lipinski definition) is 0. The zero-order valence-corrected chi connectivity index (χ0v) is 17.6. The van der Waals surface area contributed by atoms with Crippen molar-refractivity contribution in [1.29, 1.82) is 0 Å². The molecule has 2 aromatic rings. The molecule has 0 aliphatic carbocycles. The first-order valence-corrected chi connectivity index (χ1v) is 10.8. The Labute approximate surface area is 178 Å². The van der Waals surface area contributed by atoms with E-state index in [0.29, 0.717) is 6.54 Å². The van der Waals surface area contributed by atoms with Crippen LogP contribution in [0, 0.1) is 0 Å². The van der Waals surface area contributed by atoms with Crippen LogP contribution in [0.5, 0.6) is 0 Å². The number of anilines is 1.